The standard InChI is InChI=1S/C22H24N6O/c1-15-12-17(14-23-13-15)18-8-9-19-21(26-18)28(16(2)6-5-11-24-19)22(29)27-20-7-3-4-10-25-20/h3-4,7-10,12-14,16,24H,5-6,11H2,1-2H3,(H,25,27,29)/t16-/m1/s1. The van der Waals surface area contributed by atoms with Crippen LogP contribution in [-0.4, -0.2) is 33.6 Å². The van der Waals surface area contributed by atoms with Gasteiger partial charge in [-0.2, -0.15) is 0 Å². The number of hydrogen-bond donors (Lipinski definition) is 2. The molecule has 148 valence electrons. The number of fused-ring (bicyclic) bond motifs is 1. The topological polar surface area (TPSA) is 83.0 Å². The summed E-state index contributed by atoms with van der Waals surface area (Å²) >= 11 is 0. The van der Waals surface area contributed by atoms with Crippen LogP contribution in [0.2, 0.25) is 0 Å². The van der Waals surface area contributed by atoms with Gasteiger partial charge in [-0.25, -0.2) is 14.8 Å². The lowest BCUT2D eigenvalue weighted by Crippen LogP contribution is -2.43. The van der Waals surface area contributed by atoms with E-state index in [1.54, 1.807) is 23.4 Å². The summed E-state index contributed by atoms with van der Waals surface area (Å²) in [7, 11) is 0. The molecule has 0 spiro atoms. The van der Waals surface area contributed by atoms with Crippen LogP contribution in [0.3, 0.4) is 0 Å². The number of nitrogens with zero attached hydrogens (tertiary/aromatic N) is 4. The molecule has 4 heterocycles. The van der Waals surface area contributed by atoms with Gasteiger partial charge >= 0.3 is 6.03 Å². The number of anilines is 3. The van der Waals surface area contributed by atoms with Crippen LogP contribution >= 0.6 is 0 Å². The van der Waals surface area contributed by atoms with Crippen molar-refractivity contribution in [3.8, 4) is 11.3 Å². The van der Waals surface area contributed by atoms with Crippen LogP contribution in [0.1, 0.15) is 25.3 Å². The van der Waals surface area contributed by atoms with Crippen LogP contribution in [0.15, 0.2) is 55.0 Å². The molecule has 1 aliphatic heterocycles. The molecule has 0 radical (unpaired) electrons. The average Bonchev–Trinajstić information content (AvgIpc) is 2.71. The van der Waals surface area contributed by atoms with E-state index in [9.17, 15) is 4.79 Å². The monoisotopic (exact) mass is 388 g/mol. The third-order valence-corrected chi connectivity index (χ3v) is 4.95. The summed E-state index contributed by atoms with van der Waals surface area (Å²) in [6, 6.07) is 11.2. The molecule has 0 bridgehead atoms. The molecule has 7 heteroatoms. The van der Waals surface area contributed by atoms with Crippen LogP contribution < -0.4 is 15.5 Å². The fourth-order valence-electron chi connectivity index (χ4n) is 3.49. The number of carbonyl (C=O) groups excluding carboxylic acids is 1. The molecule has 3 aromatic heterocycles. The number of nitrogens with one attached hydrogen (secondary N) is 2. The molecule has 2 amide bonds. The molecule has 7 nitrogen and oxygen atoms in total. The Bertz CT molecular complexity index is 1010. The lowest BCUT2D eigenvalue weighted by atomic mass is 10.1. The van der Waals surface area contributed by atoms with E-state index in [-0.39, 0.29) is 12.1 Å². The van der Waals surface area contributed by atoms with Gasteiger partial charge in [0.1, 0.15) is 5.82 Å². The van der Waals surface area contributed by atoms with Gasteiger partial charge < -0.3 is 5.32 Å². The van der Waals surface area contributed by atoms with Crippen molar-refractivity contribution in [2.75, 3.05) is 22.1 Å². The zero-order chi connectivity index (χ0) is 20.2. The number of hydrogen-bond acceptors (Lipinski definition) is 5. The van der Waals surface area contributed by atoms with Crippen molar-refractivity contribution in [2.45, 2.75) is 32.7 Å². The second kappa shape index (κ2) is 8.26. The van der Waals surface area contributed by atoms with Gasteiger partial charge in [0.05, 0.1) is 11.4 Å². The third kappa shape index (κ3) is 4.18. The molecule has 0 saturated heterocycles. The van der Waals surface area contributed by atoms with Crippen molar-refractivity contribution in [1.29, 1.82) is 0 Å². The fraction of sp³-hybridized carbons (Fsp3) is 0.273. The minimum Gasteiger partial charge on any atom is -0.382 e. The molecule has 0 aromatic carbocycles. The molecule has 0 fully saturated rings. The van der Waals surface area contributed by atoms with Gasteiger partial charge in [0, 0.05) is 36.7 Å². The van der Waals surface area contributed by atoms with E-state index >= 15 is 0 Å². The maximum absolute atomic E-state index is 13.2. The molecule has 0 unspecified atom stereocenters. The van der Waals surface area contributed by atoms with E-state index < -0.39 is 0 Å². The maximum atomic E-state index is 13.2. The minimum atomic E-state index is -0.242. The van der Waals surface area contributed by atoms with Crippen LogP contribution in [0.25, 0.3) is 11.3 Å². The zero-order valence-corrected chi connectivity index (χ0v) is 16.6. The van der Waals surface area contributed by atoms with E-state index in [1.165, 1.54) is 0 Å². The largest absolute Gasteiger partial charge is 0.382 e. The average molecular weight is 388 g/mol. The van der Waals surface area contributed by atoms with Crippen LogP contribution in [0, 0.1) is 6.92 Å². The van der Waals surface area contributed by atoms with E-state index in [0.29, 0.717) is 11.6 Å². The summed E-state index contributed by atoms with van der Waals surface area (Å²) in [5, 5.41) is 6.30. The first-order chi connectivity index (χ1) is 14.1. The highest BCUT2D eigenvalue weighted by atomic mass is 16.2. The van der Waals surface area contributed by atoms with Crippen molar-refractivity contribution < 1.29 is 4.79 Å². The van der Waals surface area contributed by atoms with Gasteiger partial charge in [0.25, 0.3) is 0 Å². The smallest absolute Gasteiger partial charge is 0.328 e. The molecule has 1 atom stereocenters. The van der Waals surface area contributed by atoms with Gasteiger partial charge in [0.2, 0.25) is 0 Å². The molecule has 2 N–H and O–H groups in total. The Labute approximate surface area is 170 Å². The van der Waals surface area contributed by atoms with Crippen molar-refractivity contribution in [3.05, 3.63) is 60.6 Å². The summed E-state index contributed by atoms with van der Waals surface area (Å²) in [5.41, 5.74) is 3.61. The number of pyridine rings is 3. The molecular formula is C22H24N6O. The van der Waals surface area contributed by atoms with Crippen LogP contribution in [0.5, 0.6) is 0 Å². The molecule has 0 saturated carbocycles. The SMILES string of the molecule is Cc1cncc(-c2ccc3c(n2)N(C(=O)Nc2ccccn2)[C@H](C)CCCN3)c1. The molecule has 1 aliphatic rings. The Hall–Kier alpha value is -3.48. The number of urea groups is 1. The summed E-state index contributed by atoms with van der Waals surface area (Å²) in [6.07, 6.45) is 7.10. The maximum Gasteiger partial charge on any atom is 0.328 e. The summed E-state index contributed by atoms with van der Waals surface area (Å²) in [6.45, 7) is 4.90. The number of carbonyl (C=O) groups is 1. The van der Waals surface area contributed by atoms with Gasteiger partial charge in [-0.05, 0) is 62.6 Å². The number of amides is 2. The minimum absolute atomic E-state index is 0.00190. The van der Waals surface area contributed by atoms with Gasteiger partial charge in [0.15, 0.2) is 5.82 Å². The molecule has 3 aromatic rings. The Kier molecular flexibility index (Phi) is 5.37. The van der Waals surface area contributed by atoms with Crippen molar-refractivity contribution in [3.63, 3.8) is 0 Å². The van der Waals surface area contributed by atoms with Crippen molar-refractivity contribution in [1.82, 2.24) is 15.0 Å². The second-order valence-electron chi connectivity index (χ2n) is 7.25. The lowest BCUT2D eigenvalue weighted by Gasteiger charge is -2.32. The Morgan fingerprint density at radius 1 is 1.24 bits per heavy atom. The number of rotatable bonds is 2. The Balaban J connectivity index is 1.74. The molecule has 29 heavy (non-hydrogen) atoms. The zero-order valence-electron chi connectivity index (χ0n) is 16.6. The quantitative estimate of drug-likeness (QED) is 0.676. The third-order valence-electron chi connectivity index (χ3n) is 4.95. The molecule has 0 aliphatic carbocycles. The highest BCUT2D eigenvalue weighted by Gasteiger charge is 2.28. The van der Waals surface area contributed by atoms with E-state index in [4.69, 9.17) is 4.98 Å². The van der Waals surface area contributed by atoms with Crippen molar-refractivity contribution >= 4 is 23.4 Å². The first kappa shape index (κ1) is 18.9. The molecular weight excluding hydrogens is 364 g/mol. The molecule has 4 rings (SSSR count). The van der Waals surface area contributed by atoms with E-state index in [0.717, 1.165) is 41.9 Å². The Morgan fingerprint density at radius 3 is 2.93 bits per heavy atom. The van der Waals surface area contributed by atoms with Gasteiger partial charge in [-0.15, -0.1) is 0 Å². The highest BCUT2D eigenvalue weighted by Crippen LogP contribution is 2.32. The number of aromatic nitrogens is 3. The predicted octanol–water partition coefficient (Wildman–Crippen LogP) is 4.48. The summed E-state index contributed by atoms with van der Waals surface area (Å²) in [4.78, 5) is 28.3. The summed E-state index contributed by atoms with van der Waals surface area (Å²) < 4.78 is 0. The highest BCUT2D eigenvalue weighted by molar-refractivity contribution is 6.03. The second-order valence-corrected chi connectivity index (χ2v) is 7.25. The predicted molar refractivity (Wildman–Crippen MR) is 115 cm³/mol. The first-order valence-electron chi connectivity index (χ1n) is 9.80. The number of aryl methyl sites for hydroxylation is 1. The van der Waals surface area contributed by atoms with Crippen molar-refractivity contribution in [2.24, 2.45) is 0 Å². The normalized spacial score (nSPS) is 16.2. The fourth-order valence-corrected chi connectivity index (χ4v) is 3.49. The van der Waals surface area contributed by atoms with E-state index in [2.05, 4.69) is 27.5 Å². The van der Waals surface area contributed by atoms with Crippen LogP contribution in [0.4, 0.5) is 22.1 Å². The first-order valence-corrected chi connectivity index (χ1v) is 9.80. The Morgan fingerprint density at radius 2 is 2.14 bits per heavy atom. The van der Waals surface area contributed by atoms with Gasteiger partial charge in [-0.1, -0.05) is 6.07 Å². The summed E-state index contributed by atoms with van der Waals surface area (Å²) in [5.74, 6) is 1.13. The lowest BCUT2D eigenvalue weighted by molar-refractivity contribution is 0.254. The van der Waals surface area contributed by atoms with E-state index in [1.807, 2.05) is 43.5 Å². The van der Waals surface area contributed by atoms with Crippen LogP contribution in [-0.2, 0) is 0 Å². The van der Waals surface area contributed by atoms with Gasteiger partial charge in [-0.3, -0.25) is 15.2 Å².